The molecule has 25 heavy (non-hydrogen) atoms. The molecule has 3 heterocycles. The van der Waals surface area contributed by atoms with Crippen molar-refractivity contribution < 1.29 is 18.7 Å². The molecule has 1 aliphatic heterocycles. The average Bonchev–Trinajstić information content (AvgIpc) is 3.31. The Morgan fingerprint density at radius 2 is 1.96 bits per heavy atom. The number of carbonyl (C=O) groups is 1. The molecule has 1 amide bonds. The Hall–Kier alpha value is -3.48. The highest BCUT2D eigenvalue weighted by Crippen LogP contribution is 2.35. The zero-order valence-electron chi connectivity index (χ0n) is 13.2. The lowest BCUT2D eigenvalue weighted by Crippen LogP contribution is -2.23. The molecule has 0 saturated heterocycles. The van der Waals surface area contributed by atoms with Crippen LogP contribution in [0, 0.1) is 0 Å². The van der Waals surface area contributed by atoms with Crippen LogP contribution in [0.25, 0.3) is 0 Å². The highest BCUT2D eigenvalue weighted by atomic mass is 16.7. The van der Waals surface area contributed by atoms with Gasteiger partial charge in [0.25, 0.3) is 5.91 Å². The van der Waals surface area contributed by atoms with Crippen molar-refractivity contribution in [2.75, 3.05) is 12.1 Å². The number of ether oxygens (including phenoxy) is 2. The minimum atomic E-state index is -0.272. The molecule has 0 bridgehead atoms. The fourth-order valence-corrected chi connectivity index (χ4v) is 2.44. The van der Waals surface area contributed by atoms with Crippen molar-refractivity contribution in [3.63, 3.8) is 0 Å². The Balaban J connectivity index is 1.44. The molecule has 2 aromatic heterocycles. The molecule has 0 fully saturated rings. The number of benzene rings is 1. The van der Waals surface area contributed by atoms with Crippen LogP contribution < -0.4 is 20.1 Å². The third-order valence-electron chi connectivity index (χ3n) is 3.66. The standard InChI is InChI=1S/C18H15N3O4/c22-18(20-10-14-2-1-7-23-14)15-8-13(5-6-19-15)21-12-3-4-16-17(9-12)25-11-24-16/h1-9H,10-11H2,(H,19,21)(H,20,22). The quantitative estimate of drug-likeness (QED) is 0.744. The van der Waals surface area contributed by atoms with Gasteiger partial charge in [-0.2, -0.15) is 0 Å². The highest BCUT2D eigenvalue weighted by Gasteiger charge is 2.14. The predicted molar refractivity (Wildman–Crippen MR) is 90.0 cm³/mol. The summed E-state index contributed by atoms with van der Waals surface area (Å²) < 4.78 is 15.8. The van der Waals surface area contributed by atoms with Gasteiger partial charge in [0.1, 0.15) is 11.5 Å². The van der Waals surface area contributed by atoms with Gasteiger partial charge in [-0.05, 0) is 36.4 Å². The summed E-state index contributed by atoms with van der Waals surface area (Å²) in [7, 11) is 0. The number of amides is 1. The number of carbonyl (C=O) groups excluding carboxylic acids is 1. The van der Waals surface area contributed by atoms with Crippen LogP contribution in [0.1, 0.15) is 16.2 Å². The Bertz CT molecular complexity index is 893. The molecule has 0 spiro atoms. The first kappa shape index (κ1) is 15.1. The van der Waals surface area contributed by atoms with E-state index in [9.17, 15) is 4.79 Å². The fourth-order valence-electron chi connectivity index (χ4n) is 2.44. The Morgan fingerprint density at radius 1 is 1.08 bits per heavy atom. The third-order valence-corrected chi connectivity index (χ3v) is 3.66. The minimum absolute atomic E-state index is 0.230. The van der Waals surface area contributed by atoms with E-state index in [1.807, 2.05) is 18.2 Å². The summed E-state index contributed by atoms with van der Waals surface area (Å²) in [6.45, 7) is 0.543. The summed E-state index contributed by atoms with van der Waals surface area (Å²) in [6, 6.07) is 12.6. The van der Waals surface area contributed by atoms with Crippen molar-refractivity contribution in [1.82, 2.24) is 10.3 Å². The van der Waals surface area contributed by atoms with Crippen LogP contribution >= 0.6 is 0 Å². The number of anilines is 2. The molecular weight excluding hydrogens is 322 g/mol. The lowest BCUT2D eigenvalue weighted by atomic mass is 10.2. The number of aromatic nitrogens is 1. The normalized spacial score (nSPS) is 12.0. The molecule has 7 heteroatoms. The Morgan fingerprint density at radius 3 is 2.84 bits per heavy atom. The van der Waals surface area contributed by atoms with Gasteiger partial charge < -0.3 is 24.5 Å². The van der Waals surface area contributed by atoms with Crippen LogP contribution in [-0.4, -0.2) is 17.7 Å². The molecule has 2 N–H and O–H groups in total. The average molecular weight is 337 g/mol. The van der Waals surface area contributed by atoms with E-state index < -0.39 is 0 Å². The summed E-state index contributed by atoms with van der Waals surface area (Å²) in [5.74, 6) is 1.82. The van der Waals surface area contributed by atoms with Crippen molar-refractivity contribution >= 4 is 17.3 Å². The van der Waals surface area contributed by atoms with E-state index in [2.05, 4.69) is 15.6 Å². The second-order valence-corrected chi connectivity index (χ2v) is 5.38. The first-order chi connectivity index (χ1) is 12.3. The van der Waals surface area contributed by atoms with E-state index >= 15 is 0 Å². The van der Waals surface area contributed by atoms with E-state index in [1.54, 1.807) is 36.7 Å². The predicted octanol–water partition coefficient (Wildman–Crippen LogP) is 3.08. The molecule has 3 aromatic rings. The number of rotatable bonds is 5. The third kappa shape index (κ3) is 3.40. The molecule has 1 aromatic carbocycles. The number of furan rings is 1. The van der Waals surface area contributed by atoms with Gasteiger partial charge in [0.05, 0.1) is 12.8 Å². The molecule has 0 unspecified atom stereocenters. The second kappa shape index (κ2) is 6.56. The fraction of sp³-hybridized carbons (Fsp3) is 0.111. The summed E-state index contributed by atoms with van der Waals surface area (Å²) in [4.78, 5) is 16.3. The number of nitrogens with zero attached hydrogens (tertiary/aromatic N) is 1. The van der Waals surface area contributed by atoms with Gasteiger partial charge in [0.15, 0.2) is 11.5 Å². The molecule has 0 aliphatic carbocycles. The number of pyridine rings is 1. The van der Waals surface area contributed by atoms with Crippen molar-refractivity contribution in [3.05, 3.63) is 66.4 Å². The summed E-state index contributed by atoms with van der Waals surface area (Å²) in [6.07, 6.45) is 3.15. The Kier molecular flexibility index (Phi) is 3.96. The van der Waals surface area contributed by atoms with Crippen molar-refractivity contribution in [2.24, 2.45) is 0 Å². The monoisotopic (exact) mass is 337 g/mol. The smallest absolute Gasteiger partial charge is 0.270 e. The van der Waals surface area contributed by atoms with Gasteiger partial charge in [0.2, 0.25) is 6.79 Å². The van der Waals surface area contributed by atoms with E-state index in [4.69, 9.17) is 13.9 Å². The van der Waals surface area contributed by atoms with Gasteiger partial charge in [0, 0.05) is 23.6 Å². The molecule has 0 atom stereocenters. The summed E-state index contributed by atoms with van der Waals surface area (Å²) >= 11 is 0. The zero-order chi connectivity index (χ0) is 17.1. The van der Waals surface area contributed by atoms with Gasteiger partial charge in [-0.25, -0.2) is 0 Å². The number of hydrogen-bond acceptors (Lipinski definition) is 6. The van der Waals surface area contributed by atoms with Crippen molar-refractivity contribution in [1.29, 1.82) is 0 Å². The van der Waals surface area contributed by atoms with Crippen LogP contribution in [0.15, 0.2) is 59.3 Å². The first-order valence-electron chi connectivity index (χ1n) is 7.71. The van der Waals surface area contributed by atoms with Gasteiger partial charge in [-0.1, -0.05) is 0 Å². The van der Waals surface area contributed by atoms with Gasteiger partial charge >= 0.3 is 0 Å². The maximum absolute atomic E-state index is 12.2. The molecule has 126 valence electrons. The van der Waals surface area contributed by atoms with Crippen molar-refractivity contribution in [3.8, 4) is 11.5 Å². The van der Waals surface area contributed by atoms with Gasteiger partial charge in [-0.15, -0.1) is 0 Å². The topological polar surface area (TPSA) is 85.6 Å². The summed E-state index contributed by atoms with van der Waals surface area (Å²) in [5, 5.41) is 5.99. The Labute approximate surface area is 143 Å². The maximum Gasteiger partial charge on any atom is 0.270 e. The van der Waals surface area contributed by atoms with Crippen LogP contribution in [0.5, 0.6) is 11.5 Å². The minimum Gasteiger partial charge on any atom is -0.467 e. The highest BCUT2D eigenvalue weighted by molar-refractivity contribution is 5.93. The van der Waals surface area contributed by atoms with Crippen LogP contribution in [0.2, 0.25) is 0 Å². The molecule has 0 saturated carbocycles. The second-order valence-electron chi connectivity index (χ2n) is 5.38. The van der Waals surface area contributed by atoms with Gasteiger partial charge in [-0.3, -0.25) is 9.78 Å². The lowest BCUT2D eigenvalue weighted by molar-refractivity contribution is 0.0943. The molecule has 0 radical (unpaired) electrons. The lowest BCUT2D eigenvalue weighted by Gasteiger charge is -2.09. The van der Waals surface area contributed by atoms with E-state index in [0.717, 1.165) is 17.1 Å². The van der Waals surface area contributed by atoms with E-state index in [1.165, 1.54) is 0 Å². The summed E-state index contributed by atoms with van der Waals surface area (Å²) in [5.41, 5.74) is 1.90. The molecular formula is C18H15N3O4. The zero-order valence-corrected chi connectivity index (χ0v) is 13.2. The largest absolute Gasteiger partial charge is 0.467 e. The van der Waals surface area contributed by atoms with E-state index in [0.29, 0.717) is 23.7 Å². The number of nitrogens with one attached hydrogen (secondary N) is 2. The maximum atomic E-state index is 12.2. The van der Waals surface area contributed by atoms with Crippen LogP contribution in [0.3, 0.4) is 0 Å². The number of hydrogen-bond donors (Lipinski definition) is 2. The first-order valence-corrected chi connectivity index (χ1v) is 7.71. The SMILES string of the molecule is O=C(NCc1ccco1)c1cc(Nc2ccc3c(c2)OCO3)ccn1. The molecule has 4 rings (SSSR count). The molecule has 1 aliphatic rings. The number of fused-ring (bicyclic) bond motifs is 1. The van der Waals surface area contributed by atoms with E-state index in [-0.39, 0.29) is 12.7 Å². The molecule has 7 nitrogen and oxygen atoms in total. The van der Waals surface area contributed by atoms with Crippen LogP contribution in [0.4, 0.5) is 11.4 Å². The van der Waals surface area contributed by atoms with Crippen molar-refractivity contribution in [2.45, 2.75) is 6.54 Å². The van der Waals surface area contributed by atoms with Crippen LogP contribution in [-0.2, 0) is 6.54 Å².